The Balaban J connectivity index is 1.58. The standard InChI is InChI=1S/C17H13ClN2O4/c1-11-6-7-12(23-11)8-9-16(21)22-10-15-19-20-17(24-15)13-4-2-3-5-14(13)18/h2-9H,10H2,1H3. The van der Waals surface area contributed by atoms with Gasteiger partial charge in [0, 0.05) is 6.08 Å². The van der Waals surface area contributed by atoms with Gasteiger partial charge in [-0.15, -0.1) is 10.2 Å². The normalized spacial score (nSPS) is 11.1. The second-order valence-electron chi connectivity index (χ2n) is 4.87. The highest BCUT2D eigenvalue weighted by Crippen LogP contribution is 2.26. The molecule has 0 aliphatic carbocycles. The Morgan fingerprint density at radius 1 is 1.21 bits per heavy atom. The maximum atomic E-state index is 11.7. The summed E-state index contributed by atoms with van der Waals surface area (Å²) in [5.41, 5.74) is 0.623. The van der Waals surface area contributed by atoms with Crippen molar-refractivity contribution in [2.75, 3.05) is 0 Å². The monoisotopic (exact) mass is 344 g/mol. The van der Waals surface area contributed by atoms with Crippen LogP contribution < -0.4 is 0 Å². The molecule has 0 fully saturated rings. The number of halogens is 1. The molecule has 1 aromatic carbocycles. The molecule has 24 heavy (non-hydrogen) atoms. The SMILES string of the molecule is Cc1ccc(C=CC(=O)OCc2nnc(-c3ccccc3Cl)o2)o1. The molecular formula is C17H13ClN2O4. The van der Waals surface area contributed by atoms with Gasteiger partial charge in [-0.3, -0.25) is 0 Å². The summed E-state index contributed by atoms with van der Waals surface area (Å²) in [4.78, 5) is 11.7. The van der Waals surface area contributed by atoms with E-state index >= 15 is 0 Å². The summed E-state index contributed by atoms with van der Waals surface area (Å²) in [7, 11) is 0. The van der Waals surface area contributed by atoms with Crippen molar-refractivity contribution in [3.8, 4) is 11.5 Å². The molecule has 0 radical (unpaired) electrons. The van der Waals surface area contributed by atoms with Crippen molar-refractivity contribution in [3.05, 3.63) is 64.9 Å². The Labute approximate surface area is 142 Å². The molecule has 0 aliphatic rings. The maximum absolute atomic E-state index is 11.7. The molecule has 2 heterocycles. The zero-order valence-electron chi connectivity index (χ0n) is 12.7. The molecule has 0 N–H and O–H groups in total. The molecule has 0 aliphatic heterocycles. The summed E-state index contributed by atoms with van der Waals surface area (Å²) < 4.78 is 15.8. The summed E-state index contributed by atoms with van der Waals surface area (Å²) in [5, 5.41) is 8.23. The van der Waals surface area contributed by atoms with Crippen molar-refractivity contribution in [3.63, 3.8) is 0 Å². The topological polar surface area (TPSA) is 78.4 Å². The number of nitrogens with zero attached hydrogens (tertiary/aromatic N) is 2. The van der Waals surface area contributed by atoms with E-state index < -0.39 is 5.97 Å². The highest BCUT2D eigenvalue weighted by Gasteiger charge is 2.12. The predicted octanol–water partition coefficient (Wildman–Crippen LogP) is 4.05. The zero-order chi connectivity index (χ0) is 16.9. The van der Waals surface area contributed by atoms with E-state index in [-0.39, 0.29) is 18.4 Å². The predicted molar refractivity (Wildman–Crippen MR) is 87.0 cm³/mol. The molecule has 0 unspecified atom stereocenters. The fourth-order valence-corrected chi connectivity index (χ4v) is 2.15. The molecular weight excluding hydrogens is 332 g/mol. The number of ether oxygens (including phenoxy) is 1. The van der Waals surface area contributed by atoms with E-state index in [1.165, 1.54) is 12.2 Å². The number of aromatic nitrogens is 2. The first-order chi connectivity index (χ1) is 11.6. The molecule has 3 rings (SSSR count). The van der Waals surface area contributed by atoms with Crippen molar-refractivity contribution in [1.29, 1.82) is 0 Å². The largest absolute Gasteiger partial charge is 0.462 e. The van der Waals surface area contributed by atoms with E-state index in [2.05, 4.69) is 10.2 Å². The van der Waals surface area contributed by atoms with Crippen LogP contribution in [0.3, 0.4) is 0 Å². The minimum absolute atomic E-state index is 0.127. The molecule has 2 aromatic heterocycles. The first-order valence-electron chi connectivity index (χ1n) is 7.10. The number of esters is 1. The minimum atomic E-state index is -0.540. The summed E-state index contributed by atoms with van der Waals surface area (Å²) in [6.45, 7) is 1.69. The molecule has 0 atom stereocenters. The van der Waals surface area contributed by atoms with Crippen LogP contribution in [0.4, 0.5) is 0 Å². The van der Waals surface area contributed by atoms with Crippen LogP contribution in [0, 0.1) is 6.92 Å². The second kappa shape index (κ2) is 7.14. The third kappa shape index (κ3) is 3.91. The molecule has 122 valence electrons. The quantitative estimate of drug-likeness (QED) is 0.513. The van der Waals surface area contributed by atoms with E-state index in [0.29, 0.717) is 16.3 Å². The van der Waals surface area contributed by atoms with Gasteiger partial charge in [0.05, 0.1) is 10.6 Å². The van der Waals surface area contributed by atoms with E-state index in [0.717, 1.165) is 5.76 Å². The number of furan rings is 1. The van der Waals surface area contributed by atoms with Gasteiger partial charge in [-0.1, -0.05) is 23.7 Å². The molecule has 0 spiro atoms. The summed E-state index contributed by atoms with van der Waals surface area (Å²) in [6.07, 6.45) is 2.79. The van der Waals surface area contributed by atoms with E-state index in [4.69, 9.17) is 25.2 Å². The van der Waals surface area contributed by atoms with Gasteiger partial charge < -0.3 is 13.6 Å². The number of benzene rings is 1. The highest BCUT2D eigenvalue weighted by atomic mass is 35.5. The lowest BCUT2D eigenvalue weighted by Crippen LogP contribution is -2.00. The number of hydrogen-bond donors (Lipinski definition) is 0. The average Bonchev–Trinajstić information content (AvgIpc) is 3.20. The van der Waals surface area contributed by atoms with Gasteiger partial charge in [-0.05, 0) is 37.3 Å². The fourth-order valence-electron chi connectivity index (χ4n) is 1.93. The van der Waals surface area contributed by atoms with Crippen LogP contribution >= 0.6 is 11.6 Å². The fraction of sp³-hybridized carbons (Fsp3) is 0.118. The van der Waals surface area contributed by atoms with Crippen LogP contribution in [-0.4, -0.2) is 16.2 Å². The van der Waals surface area contributed by atoms with Gasteiger partial charge in [0.15, 0.2) is 6.61 Å². The average molecular weight is 345 g/mol. The Morgan fingerprint density at radius 2 is 2.04 bits per heavy atom. The van der Waals surface area contributed by atoms with E-state index in [1.54, 1.807) is 30.3 Å². The van der Waals surface area contributed by atoms with Gasteiger partial charge in [0.1, 0.15) is 11.5 Å². The number of carbonyl (C=O) groups excluding carboxylic acids is 1. The van der Waals surface area contributed by atoms with Crippen LogP contribution in [0.2, 0.25) is 5.02 Å². The molecule has 3 aromatic rings. The number of carbonyl (C=O) groups is 1. The van der Waals surface area contributed by atoms with Crippen molar-refractivity contribution in [1.82, 2.24) is 10.2 Å². The number of rotatable bonds is 5. The smallest absolute Gasteiger partial charge is 0.331 e. The Bertz CT molecular complexity index is 882. The lowest BCUT2D eigenvalue weighted by molar-refractivity contribution is -0.139. The van der Waals surface area contributed by atoms with Gasteiger partial charge in [-0.25, -0.2) is 4.79 Å². The zero-order valence-corrected chi connectivity index (χ0v) is 13.5. The first-order valence-corrected chi connectivity index (χ1v) is 7.48. The molecule has 7 heteroatoms. The Kier molecular flexibility index (Phi) is 4.77. The Hall–Kier alpha value is -2.86. The van der Waals surface area contributed by atoms with Crippen molar-refractivity contribution in [2.45, 2.75) is 13.5 Å². The third-order valence-electron chi connectivity index (χ3n) is 3.05. The highest BCUT2D eigenvalue weighted by molar-refractivity contribution is 6.33. The van der Waals surface area contributed by atoms with Gasteiger partial charge in [0.25, 0.3) is 5.89 Å². The third-order valence-corrected chi connectivity index (χ3v) is 3.38. The van der Waals surface area contributed by atoms with E-state index in [1.807, 2.05) is 13.0 Å². The van der Waals surface area contributed by atoms with Crippen LogP contribution in [0.25, 0.3) is 17.5 Å². The number of aryl methyl sites for hydroxylation is 1. The number of hydrogen-bond acceptors (Lipinski definition) is 6. The lowest BCUT2D eigenvalue weighted by Gasteiger charge is -1.98. The molecule has 6 nitrogen and oxygen atoms in total. The maximum Gasteiger partial charge on any atom is 0.331 e. The van der Waals surface area contributed by atoms with Crippen LogP contribution in [0.1, 0.15) is 17.4 Å². The second-order valence-corrected chi connectivity index (χ2v) is 5.28. The van der Waals surface area contributed by atoms with Crippen LogP contribution in [0.15, 0.2) is 51.3 Å². The lowest BCUT2D eigenvalue weighted by atomic mass is 10.2. The van der Waals surface area contributed by atoms with E-state index in [9.17, 15) is 4.79 Å². The molecule has 0 amide bonds. The Morgan fingerprint density at radius 3 is 2.79 bits per heavy atom. The van der Waals surface area contributed by atoms with Crippen molar-refractivity contribution >= 4 is 23.6 Å². The van der Waals surface area contributed by atoms with Gasteiger partial charge >= 0.3 is 5.97 Å². The molecule has 0 saturated heterocycles. The minimum Gasteiger partial charge on any atom is -0.462 e. The molecule has 0 bridgehead atoms. The first kappa shape index (κ1) is 16.0. The summed E-state index contributed by atoms with van der Waals surface area (Å²) in [6, 6.07) is 10.7. The van der Waals surface area contributed by atoms with Crippen LogP contribution in [0.5, 0.6) is 0 Å². The van der Waals surface area contributed by atoms with Crippen LogP contribution in [-0.2, 0) is 16.1 Å². The molecule has 0 saturated carbocycles. The summed E-state index contributed by atoms with van der Waals surface area (Å²) in [5.74, 6) is 1.25. The van der Waals surface area contributed by atoms with Crippen molar-refractivity contribution < 1.29 is 18.4 Å². The van der Waals surface area contributed by atoms with Crippen molar-refractivity contribution in [2.24, 2.45) is 0 Å². The summed E-state index contributed by atoms with van der Waals surface area (Å²) >= 11 is 6.07. The van der Waals surface area contributed by atoms with Gasteiger partial charge in [-0.2, -0.15) is 0 Å². The van der Waals surface area contributed by atoms with Gasteiger partial charge in [0.2, 0.25) is 5.89 Å².